The van der Waals surface area contributed by atoms with Gasteiger partial charge in [0, 0.05) is 13.2 Å². The van der Waals surface area contributed by atoms with E-state index in [-0.39, 0.29) is 12.1 Å². The van der Waals surface area contributed by atoms with Crippen LogP contribution in [0.15, 0.2) is 0 Å². The van der Waals surface area contributed by atoms with E-state index in [9.17, 15) is 4.79 Å². The van der Waals surface area contributed by atoms with Crippen LogP contribution < -0.4 is 0 Å². The molecule has 0 aliphatic carbocycles. The number of rotatable bonds is 5. The van der Waals surface area contributed by atoms with Gasteiger partial charge in [-0.05, 0) is 25.3 Å². The normalized spacial score (nSPS) is 24.7. The van der Waals surface area contributed by atoms with Gasteiger partial charge in [0.25, 0.3) is 0 Å². The van der Waals surface area contributed by atoms with Gasteiger partial charge < -0.3 is 9.84 Å². The molecule has 0 aromatic rings. The molecule has 0 saturated carbocycles. The summed E-state index contributed by atoms with van der Waals surface area (Å²) >= 11 is 0. The van der Waals surface area contributed by atoms with E-state index >= 15 is 0 Å². The zero-order valence-corrected chi connectivity index (χ0v) is 9.77. The lowest BCUT2D eigenvalue weighted by Crippen LogP contribution is -2.47. The van der Waals surface area contributed by atoms with Gasteiger partial charge in [0.1, 0.15) is 6.04 Å². The first kappa shape index (κ1) is 12.5. The van der Waals surface area contributed by atoms with Crippen molar-refractivity contribution in [1.29, 1.82) is 0 Å². The first-order valence-electron chi connectivity index (χ1n) is 5.55. The summed E-state index contributed by atoms with van der Waals surface area (Å²) in [5.41, 5.74) is 0. The highest BCUT2D eigenvalue weighted by atomic mass is 16.5. The molecular weight excluding hydrogens is 194 g/mol. The molecule has 0 spiro atoms. The zero-order chi connectivity index (χ0) is 11.4. The highest BCUT2D eigenvalue weighted by molar-refractivity contribution is 5.73. The Kier molecular flexibility index (Phi) is 4.54. The average molecular weight is 215 g/mol. The van der Waals surface area contributed by atoms with E-state index in [1.165, 1.54) is 0 Å². The van der Waals surface area contributed by atoms with Crippen molar-refractivity contribution in [3.8, 4) is 0 Å². The lowest BCUT2D eigenvalue weighted by atomic mass is 10.0. The maximum absolute atomic E-state index is 11.1. The van der Waals surface area contributed by atoms with Gasteiger partial charge in [-0.2, -0.15) is 0 Å². The largest absolute Gasteiger partial charge is 0.480 e. The summed E-state index contributed by atoms with van der Waals surface area (Å²) in [6, 6.07) is -0.0915. The van der Waals surface area contributed by atoms with Crippen molar-refractivity contribution in [3.63, 3.8) is 0 Å². The second kappa shape index (κ2) is 5.47. The summed E-state index contributed by atoms with van der Waals surface area (Å²) in [5, 5.41) is 9.10. The fourth-order valence-corrected chi connectivity index (χ4v) is 2.29. The minimum Gasteiger partial charge on any atom is -0.480 e. The maximum atomic E-state index is 11.1. The van der Waals surface area contributed by atoms with Crippen molar-refractivity contribution < 1.29 is 14.6 Å². The van der Waals surface area contributed by atoms with Crippen LogP contribution in [0.4, 0.5) is 0 Å². The van der Waals surface area contributed by atoms with Crippen molar-refractivity contribution in [3.05, 3.63) is 0 Å². The number of carboxylic acids is 1. The second-order valence-electron chi connectivity index (χ2n) is 4.50. The van der Waals surface area contributed by atoms with Crippen molar-refractivity contribution in [2.75, 3.05) is 20.3 Å². The van der Waals surface area contributed by atoms with Gasteiger partial charge >= 0.3 is 5.97 Å². The number of methoxy groups -OCH3 is 1. The molecule has 4 nitrogen and oxygen atoms in total. The molecule has 0 bridgehead atoms. The lowest BCUT2D eigenvalue weighted by Gasteiger charge is -2.33. The van der Waals surface area contributed by atoms with Gasteiger partial charge in [-0.25, -0.2) is 0 Å². The Morgan fingerprint density at radius 3 is 2.73 bits per heavy atom. The van der Waals surface area contributed by atoms with Gasteiger partial charge in [0.15, 0.2) is 0 Å². The smallest absolute Gasteiger partial charge is 0.320 e. The minimum atomic E-state index is -0.700. The Morgan fingerprint density at radius 2 is 2.27 bits per heavy atom. The molecule has 1 aliphatic heterocycles. The van der Waals surface area contributed by atoms with E-state index in [2.05, 4.69) is 18.7 Å². The molecule has 1 rings (SSSR count). The topological polar surface area (TPSA) is 49.8 Å². The van der Waals surface area contributed by atoms with Gasteiger partial charge in [-0.3, -0.25) is 9.69 Å². The third-order valence-electron chi connectivity index (χ3n) is 3.11. The van der Waals surface area contributed by atoms with Crippen LogP contribution in [0.1, 0.15) is 26.7 Å². The number of hydrogen-bond donors (Lipinski definition) is 1. The molecule has 0 radical (unpaired) electrons. The maximum Gasteiger partial charge on any atom is 0.320 e. The Hall–Kier alpha value is -0.610. The third-order valence-corrected chi connectivity index (χ3v) is 3.11. The molecule has 2 unspecified atom stereocenters. The van der Waals surface area contributed by atoms with E-state index in [1.54, 1.807) is 7.11 Å². The molecule has 4 heteroatoms. The molecule has 88 valence electrons. The summed E-state index contributed by atoms with van der Waals surface area (Å²) in [6.45, 7) is 5.71. The minimum absolute atomic E-state index is 0.221. The monoisotopic (exact) mass is 215 g/mol. The first-order valence-corrected chi connectivity index (χ1v) is 5.55. The molecule has 2 atom stereocenters. The van der Waals surface area contributed by atoms with Crippen LogP contribution in [-0.4, -0.2) is 48.3 Å². The van der Waals surface area contributed by atoms with Crippen molar-refractivity contribution >= 4 is 5.97 Å². The van der Waals surface area contributed by atoms with E-state index in [0.29, 0.717) is 12.5 Å². The summed E-state index contributed by atoms with van der Waals surface area (Å²) in [4.78, 5) is 13.1. The van der Waals surface area contributed by atoms with Crippen molar-refractivity contribution in [2.45, 2.75) is 38.8 Å². The van der Waals surface area contributed by atoms with E-state index in [4.69, 9.17) is 9.84 Å². The molecule has 0 aromatic heterocycles. The standard InChI is InChI=1S/C11H21NO3/c1-8(2)10(7-15-3)12-6-4-5-9(12)11(13)14/h8-10H,4-7H2,1-3H3,(H,13,14). The highest BCUT2D eigenvalue weighted by Gasteiger charge is 2.36. The zero-order valence-electron chi connectivity index (χ0n) is 9.77. The van der Waals surface area contributed by atoms with Crippen LogP contribution in [0.3, 0.4) is 0 Å². The van der Waals surface area contributed by atoms with E-state index in [1.807, 2.05) is 0 Å². The highest BCUT2D eigenvalue weighted by Crippen LogP contribution is 2.24. The van der Waals surface area contributed by atoms with Crippen LogP contribution in [-0.2, 0) is 9.53 Å². The fourth-order valence-electron chi connectivity index (χ4n) is 2.29. The number of carbonyl (C=O) groups is 1. The summed E-state index contributed by atoms with van der Waals surface area (Å²) in [6.07, 6.45) is 1.74. The van der Waals surface area contributed by atoms with Crippen LogP contribution in [0.5, 0.6) is 0 Å². The van der Waals surface area contributed by atoms with E-state index in [0.717, 1.165) is 19.4 Å². The molecule has 1 N–H and O–H groups in total. The van der Waals surface area contributed by atoms with Crippen molar-refractivity contribution in [2.24, 2.45) is 5.92 Å². The van der Waals surface area contributed by atoms with Crippen molar-refractivity contribution in [1.82, 2.24) is 4.90 Å². The Labute approximate surface area is 91.2 Å². The van der Waals surface area contributed by atoms with Gasteiger partial charge in [-0.1, -0.05) is 13.8 Å². The fraction of sp³-hybridized carbons (Fsp3) is 0.909. The number of ether oxygens (including phenoxy) is 1. The number of nitrogens with zero attached hydrogens (tertiary/aromatic N) is 1. The lowest BCUT2D eigenvalue weighted by molar-refractivity contribution is -0.143. The van der Waals surface area contributed by atoms with Crippen LogP contribution in [0, 0.1) is 5.92 Å². The van der Waals surface area contributed by atoms with E-state index < -0.39 is 5.97 Å². The van der Waals surface area contributed by atoms with Gasteiger partial charge in [0.2, 0.25) is 0 Å². The second-order valence-corrected chi connectivity index (χ2v) is 4.50. The Balaban J connectivity index is 2.69. The Morgan fingerprint density at radius 1 is 1.60 bits per heavy atom. The molecule has 1 fully saturated rings. The van der Waals surface area contributed by atoms with Crippen LogP contribution >= 0.6 is 0 Å². The summed E-state index contributed by atoms with van der Waals surface area (Å²) in [7, 11) is 1.67. The molecule has 1 saturated heterocycles. The number of aliphatic carboxylic acids is 1. The quantitative estimate of drug-likeness (QED) is 0.749. The molecule has 0 aromatic carbocycles. The number of hydrogen-bond acceptors (Lipinski definition) is 3. The third kappa shape index (κ3) is 2.92. The molecule has 1 aliphatic rings. The summed E-state index contributed by atoms with van der Waals surface area (Å²) in [5.74, 6) is -0.279. The average Bonchev–Trinajstić information content (AvgIpc) is 2.61. The molecule has 15 heavy (non-hydrogen) atoms. The number of likely N-dealkylation sites (tertiary alicyclic amines) is 1. The molecular formula is C11H21NO3. The van der Waals surface area contributed by atoms with Gasteiger partial charge in [-0.15, -0.1) is 0 Å². The van der Waals surface area contributed by atoms with Crippen LogP contribution in [0.25, 0.3) is 0 Å². The predicted molar refractivity (Wildman–Crippen MR) is 57.9 cm³/mol. The Bertz CT molecular complexity index is 218. The summed E-state index contributed by atoms with van der Waals surface area (Å²) < 4.78 is 5.17. The van der Waals surface area contributed by atoms with Crippen LogP contribution in [0.2, 0.25) is 0 Å². The molecule has 0 amide bonds. The first-order chi connectivity index (χ1) is 7.07. The molecule has 1 heterocycles. The van der Waals surface area contributed by atoms with Gasteiger partial charge in [0.05, 0.1) is 6.61 Å². The SMILES string of the molecule is COCC(C(C)C)N1CCCC1C(=O)O. The predicted octanol–water partition coefficient (Wildman–Crippen LogP) is 1.21. The number of carboxylic acid groups (broad SMARTS) is 1.